The summed E-state index contributed by atoms with van der Waals surface area (Å²) in [7, 11) is 0. The van der Waals surface area contributed by atoms with E-state index in [9.17, 15) is 14.7 Å². The van der Waals surface area contributed by atoms with E-state index in [4.69, 9.17) is 0 Å². The Kier molecular flexibility index (Phi) is 9.39. The first-order valence-corrected chi connectivity index (χ1v) is 13.7. The van der Waals surface area contributed by atoms with Crippen molar-refractivity contribution in [3.05, 3.63) is 53.7 Å². The molecule has 0 spiro atoms. The van der Waals surface area contributed by atoms with Crippen LogP contribution in [0.25, 0.3) is 0 Å². The highest BCUT2D eigenvalue weighted by Crippen LogP contribution is 2.27. The van der Waals surface area contributed by atoms with Crippen molar-refractivity contribution in [2.24, 2.45) is 5.92 Å². The van der Waals surface area contributed by atoms with Crippen LogP contribution in [0.2, 0.25) is 0 Å². The summed E-state index contributed by atoms with van der Waals surface area (Å²) in [6, 6.07) is 10.9. The molecule has 0 bridgehead atoms. The number of hydrogen-bond acceptors (Lipinski definition) is 6. The molecule has 2 fully saturated rings. The van der Waals surface area contributed by atoms with Gasteiger partial charge in [0.1, 0.15) is 0 Å². The molecule has 2 aliphatic rings. The number of carbonyl (C=O) groups excluding carboxylic acids is 2. The van der Waals surface area contributed by atoms with Gasteiger partial charge in [0, 0.05) is 49.5 Å². The first kappa shape index (κ1) is 26.9. The Hall–Kier alpha value is -3.13. The van der Waals surface area contributed by atoms with Gasteiger partial charge in [-0.05, 0) is 62.6 Å². The van der Waals surface area contributed by atoms with Crippen molar-refractivity contribution >= 4 is 23.3 Å². The molecule has 4 rings (SSSR count). The highest BCUT2D eigenvalue weighted by atomic mass is 16.3. The van der Waals surface area contributed by atoms with E-state index in [0.717, 1.165) is 17.9 Å². The maximum absolute atomic E-state index is 13.1. The summed E-state index contributed by atoms with van der Waals surface area (Å²) in [6.07, 6.45) is 8.73. The SMILES string of the molecule is CC(C)Nc1cccnc1N1CCN(C(=O)c2ccc(C(=O)N[C@H](CO)CC3CCCCC3)cc2)CC1. The minimum Gasteiger partial charge on any atom is -0.394 e. The van der Waals surface area contributed by atoms with Gasteiger partial charge in [-0.3, -0.25) is 9.59 Å². The van der Waals surface area contributed by atoms with Crippen molar-refractivity contribution in [2.45, 2.75) is 64.5 Å². The average molecular weight is 508 g/mol. The number of anilines is 2. The topological polar surface area (TPSA) is 97.8 Å². The molecule has 0 unspecified atom stereocenters. The third-order valence-corrected chi connectivity index (χ3v) is 7.39. The predicted octanol–water partition coefficient (Wildman–Crippen LogP) is 3.93. The molecule has 1 aromatic heterocycles. The molecular weight excluding hydrogens is 466 g/mol. The number of pyridine rings is 1. The lowest BCUT2D eigenvalue weighted by Crippen LogP contribution is -2.49. The number of aliphatic hydroxyl groups is 1. The zero-order valence-electron chi connectivity index (χ0n) is 22.2. The fourth-order valence-corrected chi connectivity index (χ4v) is 5.41. The van der Waals surface area contributed by atoms with Crippen LogP contribution >= 0.6 is 0 Å². The molecule has 1 atom stereocenters. The third-order valence-electron chi connectivity index (χ3n) is 7.39. The van der Waals surface area contributed by atoms with Gasteiger partial charge in [-0.15, -0.1) is 0 Å². The Morgan fingerprint density at radius 3 is 2.32 bits per heavy atom. The molecule has 8 nitrogen and oxygen atoms in total. The second-order valence-corrected chi connectivity index (χ2v) is 10.6. The number of nitrogens with one attached hydrogen (secondary N) is 2. The molecule has 1 saturated heterocycles. The largest absolute Gasteiger partial charge is 0.394 e. The number of aromatic nitrogens is 1. The standard InChI is InChI=1S/C29H41N5O3/c1-21(2)31-26-9-6-14-30-27(26)33-15-17-34(18-16-33)29(37)24-12-10-23(11-13-24)28(36)32-25(20-35)19-22-7-4-3-5-8-22/h6,9-14,21-22,25,31,35H,3-5,7-8,15-20H2,1-2H3,(H,32,36)/t25-/m0/s1. The summed E-state index contributed by atoms with van der Waals surface area (Å²) in [5.74, 6) is 1.26. The minimum atomic E-state index is -0.233. The molecule has 1 aromatic carbocycles. The Labute approximate surface area is 220 Å². The van der Waals surface area contributed by atoms with Crippen LogP contribution in [0.1, 0.15) is 73.1 Å². The summed E-state index contributed by atoms with van der Waals surface area (Å²) < 4.78 is 0. The number of aliphatic hydroxyl groups excluding tert-OH is 1. The van der Waals surface area contributed by atoms with Crippen molar-refractivity contribution in [3.8, 4) is 0 Å². The molecule has 2 amide bonds. The van der Waals surface area contributed by atoms with E-state index >= 15 is 0 Å². The summed E-state index contributed by atoms with van der Waals surface area (Å²) in [5.41, 5.74) is 2.09. The number of carbonyl (C=O) groups is 2. The van der Waals surface area contributed by atoms with E-state index in [-0.39, 0.29) is 24.5 Å². The molecule has 1 saturated carbocycles. The summed E-state index contributed by atoms with van der Waals surface area (Å²) in [4.78, 5) is 34.5. The smallest absolute Gasteiger partial charge is 0.253 e. The summed E-state index contributed by atoms with van der Waals surface area (Å²) >= 11 is 0. The van der Waals surface area contributed by atoms with Crippen LogP contribution in [0.5, 0.6) is 0 Å². The number of benzene rings is 1. The number of piperazine rings is 1. The van der Waals surface area contributed by atoms with Crippen molar-refractivity contribution in [1.82, 2.24) is 15.2 Å². The molecule has 8 heteroatoms. The average Bonchev–Trinajstić information content (AvgIpc) is 2.93. The monoisotopic (exact) mass is 507 g/mol. The van der Waals surface area contributed by atoms with Gasteiger partial charge in [0.2, 0.25) is 0 Å². The fraction of sp³-hybridized carbons (Fsp3) is 0.552. The third kappa shape index (κ3) is 7.22. The maximum atomic E-state index is 13.1. The number of rotatable bonds is 9. The lowest BCUT2D eigenvalue weighted by Gasteiger charge is -2.36. The van der Waals surface area contributed by atoms with E-state index < -0.39 is 0 Å². The lowest BCUT2D eigenvalue weighted by atomic mass is 9.85. The van der Waals surface area contributed by atoms with Gasteiger partial charge in [0.05, 0.1) is 18.3 Å². The summed E-state index contributed by atoms with van der Waals surface area (Å²) in [5, 5.41) is 16.2. The molecule has 1 aliphatic heterocycles. The Morgan fingerprint density at radius 2 is 1.68 bits per heavy atom. The van der Waals surface area contributed by atoms with Gasteiger partial charge in [0.15, 0.2) is 5.82 Å². The van der Waals surface area contributed by atoms with Crippen LogP contribution in [0.15, 0.2) is 42.6 Å². The summed E-state index contributed by atoms with van der Waals surface area (Å²) in [6.45, 7) is 6.78. The molecule has 200 valence electrons. The Balaban J connectivity index is 1.30. The van der Waals surface area contributed by atoms with Crippen LogP contribution in [-0.4, -0.2) is 71.7 Å². The zero-order valence-corrected chi connectivity index (χ0v) is 22.2. The van der Waals surface area contributed by atoms with Crippen LogP contribution in [0.3, 0.4) is 0 Å². The first-order valence-electron chi connectivity index (χ1n) is 13.7. The molecule has 1 aliphatic carbocycles. The maximum Gasteiger partial charge on any atom is 0.253 e. The van der Waals surface area contributed by atoms with E-state index in [0.29, 0.717) is 49.3 Å². The molecule has 2 heterocycles. The van der Waals surface area contributed by atoms with Gasteiger partial charge in [-0.2, -0.15) is 0 Å². The Bertz CT molecular complexity index is 1030. The van der Waals surface area contributed by atoms with Crippen LogP contribution in [0, 0.1) is 5.92 Å². The normalized spacial score (nSPS) is 17.5. The van der Waals surface area contributed by atoms with Gasteiger partial charge in [-0.1, -0.05) is 32.1 Å². The van der Waals surface area contributed by atoms with E-state index in [2.05, 4.69) is 34.4 Å². The van der Waals surface area contributed by atoms with E-state index in [1.807, 2.05) is 17.0 Å². The van der Waals surface area contributed by atoms with Crippen molar-refractivity contribution < 1.29 is 14.7 Å². The first-order chi connectivity index (χ1) is 17.9. The fourth-order valence-electron chi connectivity index (χ4n) is 5.41. The molecule has 0 radical (unpaired) electrons. The lowest BCUT2D eigenvalue weighted by molar-refractivity contribution is 0.0745. The number of amides is 2. The molecule has 3 N–H and O–H groups in total. The number of hydrogen-bond donors (Lipinski definition) is 3. The van der Waals surface area contributed by atoms with Crippen LogP contribution < -0.4 is 15.5 Å². The quantitative estimate of drug-likeness (QED) is 0.476. The predicted molar refractivity (Wildman–Crippen MR) is 147 cm³/mol. The van der Waals surface area contributed by atoms with Gasteiger partial charge >= 0.3 is 0 Å². The highest BCUT2D eigenvalue weighted by molar-refractivity contribution is 5.98. The minimum absolute atomic E-state index is 0.0290. The van der Waals surface area contributed by atoms with E-state index in [1.54, 1.807) is 30.5 Å². The molecule has 2 aromatic rings. The molecular formula is C29H41N5O3. The van der Waals surface area contributed by atoms with Gasteiger partial charge in [-0.25, -0.2) is 4.98 Å². The van der Waals surface area contributed by atoms with Crippen molar-refractivity contribution in [1.29, 1.82) is 0 Å². The van der Waals surface area contributed by atoms with Crippen LogP contribution in [-0.2, 0) is 0 Å². The van der Waals surface area contributed by atoms with Crippen molar-refractivity contribution in [2.75, 3.05) is 43.0 Å². The highest BCUT2D eigenvalue weighted by Gasteiger charge is 2.25. The van der Waals surface area contributed by atoms with Gasteiger partial charge < -0.3 is 25.5 Å². The Morgan fingerprint density at radius 1 is 1.00 bits per heavy atom. The number of nitrogens with zero attached hydrogens (tertiary/aromatic N) is 3. The zero-order chi connectivity index (χ0) is 26.2. The van der Waals surface area contributed by atoms with E-state index in [1.165, 1.54) is 32.1 Å². The van der Waals surface area contributed by atoms with Gasteiger partial charge in [0.25, 0.3) is 11.8 Å². The van der Waals surface area contributed by atoms with Crippen LogP contribution in [0.4, 0.5) is 11.5 Å². The van der Waals surface area contributed by atoms with Crippen molar-refractivity contribution in [3.63, 3.8) is 0 Å². The second kappa shape index (κ2) is 12.9. The molecule has 37 heavy (non-hydrogen) atoms. The second-order valence-electron chi connectivity index (χ2n) is 10.6.